The normalized spacial score (nSPS) is 24.8. The van der Waals surface area contributed by atoms with Gasteiger partial charge >= 0.3 is 6.18 Å². The van der Waals surface area contributed by atoms with E-state index in [0.717, 1.165) is 18.4 Å². The van der Waals surface area contributed by atoms with Crippen LogP contribution >= 0.6 is 0 Å². The summed E-state index contributed by atoms with van der Waals surface area (Å²) in [6.07, 6.45) is -2.49. The Kier molecular flexibility index (Phi) is 4.23. The number of hydrogen-bond donors (Lipinski definition) is 2. The van der Waals surface area contributed by atoms with Gasteiger partial charge in [-0.1, -0.05) is 12.1 Å². The van der Waals surface area contributed by atoms with Crippen LogP contribution in [0.5, 0.6) is 0 Å². The second-order valence-corrected chi connectivity index (χ2v) is 6.43. The third kappa shape index (κ3) is 3.37. The van der Waals surface area contributed by atoms with Crippen LogP contribution < -0.4 is 11.1 Å². The van der Waals surface area contributed by atoms with Crippen LogP contribution in [0.1, 0.15) is 37.2 Å². The first kappa shape index (κ1) is 16.7. The van der Waals surface area contributed by atoms with Crippen LogP contribution in [0.25, 0.3) is 0 Å². The first-order valence-corrected chi connectivity index (χ1v) is 7.95. The van der Waals surface area contributed by atoms with Gasteiger partial charge in [-0.2, -0.15) is 13.2 Å². The smallest absolute Gasteiger partial charge is 0.399 e. The van der Waals surface area contributed by atoms with Crippen LogP contribution in [0, 0.1) is 5.92 Å². The van der Waals surface area contributed by atoms with Crippen molar-refractivity contribution < 1.29 is 18.0 Å². The molecule has 2 atom stereocenters. The number of halogens is 3. The molecule has 0 spiro atoms. The average molecular weight is 340 g/mol. The zero-order valence-corrected chi connectivity index (χ0v) is 13.0. The molecule has 1 aromatic carbocycles. The molecule has 0 unspecified atom stereocenters. The summed E-state index contributed by atoms with van der Waals surface area (Å²) in [6.45, 7) is -0.0750. The zero-order chi connectivity index (χ0) is 17.4. The number of hydrogen-bond acceptors (Lipinski definition) is 4. The second kappa shape index (κ2) is 6.07. The van der Waals surface area contributed by atoms with Gasteiger partial charge in [0.2, 0.25) is 5.91 Å². The Hall–Kier alpha value is -2.12. The number of rotatable bonds is 5. The number of nitrogen functional groups attached to an aromatic ring is 1. The van der Waals surface area contributed by atoms with E-state index in [1.807, 2.05) is 24.3 Å². The monoisotopic (exact) mass is 340 g/mol. The number of nitrogens with two attached hydrogens (primary N) is 1. The average Bonchev–Trinajstić information content (AvgIpc) is 3.16. The van der Waals surface area contributed by atoms with Crippen LogP contribution in [0.2, 0.25) is 0 Å². The Labute approximate surface area is 137 Å². The van der Waals surface area contributed by atoms with E-state index in [0.29, 0.717) is 12.1 Å². The molecule has 3 rings (SSSR count). The standard InChI is InChI=1S/C16H19F3N4O/c17-16(18,19)15(22-23-15)7-8-21-14(24)12-2-1-11(9-12)10-3-5-13(20)6-4-10/h3-6,11-12H,1-2,7-9,20H2,(H,21,24)/t11-,12-/m1/s1. The first-order chi connectivity index (χ1) is 11.3. The van der Waals surface area contributed by atoms with Crippen molar-refractivity contribution in [1.82, 2.24) is 5.32 Å². The molecule has 1 saturated carbocycles. The van der Waals surface area contributed by atoms with Crippen molar-refractivity contribution >= 4 is 11.6 Å². The molecule has 8 heteroatoms. The van der Waals surface area contributed by atoms with Crippen molar-refractivity contribution in [2.24, 2.45) is 16.1 Å². The quantitative estimate of drug-likeness (QED) is 0.806. The molecule has 5 nitrogen and oxygen atoms in total. The molecule has 1 heterocycles. The van der Waals surface area contributed by atoms with Crippen molar-refractivity contribution in [3.8, 4) is 0 Å². The molecule has 3 N–H and O–H groups in total. The summed E-state index contributed by atoms with van der Waals surface area (Å²) in [6, 6.07) is 7.59. The van der Waals surface area contributed by atoms with Gasteiger partial charge in [0.15, 0.2) is 0 Å². The molecule has 0 aromatic heterocycles. The lowest BCUT2D eigenvalue weighted by Gasteiger charge is -2.16. The molecule has 1 fully saturated rings. The van der Waals surface area contributed by atoms with Gasteiger partial charge in [0.1, 0.15) is 0 Å². The lowest BCUT2D eigenvalue weighted by Crippen LogP contribution is -2.38. The molecule has 1 amide bonds. The minimum atomic E-state index is -4.48. The van der Waals surface area contributed by atoms with E-state index in [4.69, 9.17) is 5.73 Å². The molecule has 130 valence electrons. The fraction of sp³-hybridized carbons (Fsp3) is 0.562. The number of amides is 1. The summed E-state index contributed by atoms with van der Waals surface area (Å²) >= 11 is 0. The molecule has 1 aliphatic carbocycles. The fourth-order valence-corrected chi connectivity index (χ4v) is 3.21. The number of benzene rings is 1. The third-order valence-electron chi connectivity index (χ3n) is 4.78. The minimum Gasteiger partial charge on any atom is -0.399 e. The molecule has 2 aliphatic rings. The Balaban J connectivity index is 1.46. The number of carbonyl (C=O) groups is 1. The van der Waals surface area contributed by atoms with E-state index < -0.39 is 11.8 Å². The van der Waals surface area contributed by atoms with Gasteiger partial charge in [-0.3, -0.25) is 4.79 Å². The van der Waals surface area contributed by atoms with Crippen molar-refractivity contribution in [3.63, 3.8) is 0 Å². The SMILES string of the molecule is Nc1ccc([C@@H]2CC[C@@H](C(=O)NCCC3(C(F)(F)F)N=N3)C2)cc1. The van der Waals surface area contributed by atoms with Crippen molar-refractivity contribution in [1.29, 1.82) is 0 Å². The summed E-state index contributed by atoms with van der Waals surface area (Å²) in [4.78, 5) is 12.2. The Bertz CT molecular complexity index is 636. The fourth-order valence-electron chi connectivity index (χ4n) is 3.21. The van der Waals surface area contributed by atoms with Gasteiger partial charge < -0.3 is 11.1 Å². The molecular weight excluding hydrogens is 321 g/mol. The Morgan fingerprint density at radius 1 is 1.25 bits per heavy atom. The number of carbonyl (C=O) groups excluding carboxylic acids is 1. The van der Waals surface area contributed by atoms with Crippen molar-refractivity contribution in [3.05, 3.63) is 29.8 Å². The summed E-state index contributed by atoms with van der Waals surface area (Å²) in [5.74, 6) is -0.0651. The van der Waals surface area contributed by atoms with Crippen molar-refractivity contribution in [2.75, 3.05) is 12.3 Å². The molecule has 1 aliphatic heterocycles. The highest BCUT2D eigenvalue weighted by molar-refractivity contribution is 5.79. The maximum absolute atomic E-state index is 12.7. The molecule has 1 aromatic rings. The lowest BCUT2D eigenvalue weighted by atomic mass is 9.96. The summed E-state index contributed by atoms with van der Waals surface area (Å²) < 4.78 is 38.0. The van der Waals surface area contributed by atoms with Crippen molar-refractivity contribution in [2.45, 2.75) is 43.4 Å². The molecule has 0 radical (unpaired) electrons. The third-order valence-corrected chi connectivity index (χ3v) is 4.78. The highest BCUT2D eigenvalue weighted by atomic mass is 19.4. The van der Waals surface area contributed by atoms with Crippen LogP contribution in [-0.4, -0.2) is 24.3 Å². The summed E-state index contributed by atoms with van der Waals surface area (Å²) in [5.41, 5.74) is 5.22. The highest BCUT2D eigenvalue weighted by Gasteiger charge is 2.63. The minimum absolute atomic E-state index is 0.0750. The maximum Gasteiger partial charge on any atom is 0.437 e. The molecular formula is C16H19F3N4O. The van der Waals surface area contributed by atoms with E-state index in [9.17, 15) is 18.0 Å². The summed E-state index contributed by atoms with van der Waals surface area (Å²) in [5, 5.41) is 8.79. The van der Waals surface area contributed by atoms with Gasteiger partial charge in [-0.25, -0.2) is 0 Å². The van der Waals surface area contributed by atoms with Gasteiger partial charge in [0, 0.05) is 24.6 Å². The predicted octanol–water partition coefficient (Wildman–Crippen LogP) is 3.38. The number of anilines is 1. The summed E-state index contributed by atoms with van der Waals surface area (Å²) in [7, 11) is 0. The van der Waals surface area contributed by atoms with E-state index in [1.165, 1.54) is 0 Å². The van der Waals surface area contributed by atoms with Crippen LogP contribution in [0.4, 0.5) is 18.9 Å². The molecule has 24 heavy (non-hydrogen) atoms. The molecule has 0 bridgehead atoms. The second-order valence-electron chi connectivity index (χ2n) is 6.43. The predicted molar refractivity (Wildman–Crippen MR) is 82.2 cm³/mol. The topological polar surface area (TPSA) is 79.8 Å². The highest BCUT2D eigenvalue weighted by Crippen LogP contribution is 2.46. The van der Waals surface area contributed by atoms with Crippen LogP contribution in [0.3, 0.4) is 0 Å². The van der Waals surface area contributed by atoms with Crippen LogP contribution in [0.15, 0.2) is 34.5 Å². The number of nitrogens with zero attached hydrogens (tertiary/aromatic N) is 2. The Morgan fingerprint density at radius 2 is 1.92 bits per heavy atom. The zero-order valence-electron chi connectivity index (χ0n) is 13.0. The first-order valence-electron chi connectivity index (χ1n) is 7.95. The lowest BCUT2D eigenvalue weighted by molar-refractivity contribution is -0.165. The van der Waals surface area contributed by atoms with E-state index in [1.54, 1.807) is 0 Å². The molecule has 0 saturated heterocycles. The van der Waals surface area contributed by atoms with Gasteiger partial charge in [-0.05, 0) is 42.9 Å². The van der Waals surface area contributed by atoms with Gasteiger partial charge in [0.05, 0.1) is 0 Å². The van der Waals surface area contributed by atoms with E-state index in [2.05, 4.69) is 15.5 Å². The number of nitrogens with one attached hydrogen (secondary N) is 1. The van der Waals surface area contributed by atoms with Gasteiger partial charge in [0.25, 0.3) is 5.66 Å². The van der Waals surface area contributed by atoms with E-state index >= 15 is 0 Å². The van der Waals surface area contributed by atoms with Gasteiger partial charge in [-0.15, -0.1) is 10.2 Å². The maximum atomic E-state index is 12.7. The number of alkyl halides is 3. The largest absolute Gasteiger partial charge is 0.437 e. The van der Waals surface area contributed by atoms with Crippen LogP contribution in [-0.2, 0) is 4.79 Å². The Morgan fingerprint density at radius 3 is 2.50 bits per heavy atom. The van der Waals surface area contributed by atoms with E-state index in [-0.39, 0.29) is 30.7 Å².